The maximum absolute atomic E-state index is 4.70. The molecule has 0 atom stereocenters. The molecule has 7 heavy (non-hydrogen) atoms. The zero-order chi connectivity index (χ0) is 5.70. The molecule has 44 valence electrons. The molecule has 3 nitrogen and oxygen atoms in total. The summed E-state index contributed by atoms with van der Waals surface area (Å²) in [6, 6.07) is 0. The molecule has 0 aromatic carbocycles. The first-order valence-corrected chi connectivity index (χ1v) is 2.58. The second-order valence-corrected chi connectivity index (χ2v) is 1.52. The minimum atomic E-state index is 0.526. The molecule has 0 saturated carbocycles. The molecule has 0 unspecified atom stereocenters. The Labute approximate surface area is 49.0 Å². The summed E-state index contributed by atoms with van der Waals surface area (Å²) in [6.07, 6.45) is 0. The SMILES string of the molecule is CN(C)ONCS. The number of rotatable bonds is 3. The summed E-state index contributed by atoms with van der Waals surface area (Å²) < 4.78 is 0. The molecular weight excluding hydrogens is 112 g/mol. The lowest BCUT2D eigenvalue weighted by Gasteiger charge is -2.07. The van der Waals surface area contributed by atoms with Gasteiger partial charge in [-0.15, -0.1) is 0 Å². The zero-order valence-electron chi connectivity index (χ0n) is 4.51. The van der Waals surface area contributed by atoms with E-state index in [0.717, 1.165) is 0 Å². The standard InChI is InChI=1S/C3H10N2OS/c1-5(2)6-4-3-7/h4,7H,3H2,1-2H3. The van der Waals surface area contributed by atoms with Crippen LogP contribution < -0.4 is 5.48 Å². The van der Waals surface area contributed by atoms with Crippen molar-refractivity contribution >= 4 is 12.6 Å². The molecule has 0 saturated heterocycles. The molecule has 0 aliphatic rings. The van der Waals surface area contributed by atoms with Crippen LogP contribution in [-0.2, 0) is 4.94 Å². The number of thiol groups is 1. The van der Waals surface area contributed by atoms with E-state index in [4.69, 9.17) is 4.94 Å². The predicted octanol–water partition coefficient (Wildman–Crippen LogP) is -0.129. The fourth-order valence-electron chi connectivity index (χ4n) is 0.158. The van der Waals surface area contributed by atoms with Crippen molar-refractivity contribution in [3.05, 3.63) is 0 Å². The molecule has 0 aromatic rings. The Morgan fingerprint density at radius 1 is 1.71 bits per heavy atom. The molecule has 0 aliphatic carbocycles. The Kier molecular flexibility index (Phi) is 4.53. The molecule has 0 bridgehead atoms. The molecule has 4 heteroatoms. The van der Waals surface area contributed by atoms with Crippen LogP contribution in [-0.4, -0.2) is 25.0 Å². The lowest BCUT2D eigenvalue weighted by Crippen LogP contribution is -2.23. The highest BCUT2D eigenvalue weighted by Gasteiger charge is 1.81. The van der Waals surface area contributed by atoms with Crippen LogP contribution in [0.2, 0.25) is 0 Å². The summed E-state index contributed by atoms with van der Waals surface area (Å²) in [4.78, 5) is 4.70. The van der Waals surface area contributed by atoms with E-state index in [1.165, 1.54) is 0 Å². The van der Waals surface area contributed by atoms with Gasteiger partial charge in [0.05, 0.1) is 5.88 Å². The van der Waals surface area contributed by atoms with Gasteiger partial charge in [0.25, 0.3) is 0 Å². The van der Waals surface area contributed by atoms with E-state index in [9.17, 15) is 0 Å². The van der Waals surface area contributed by atoms with E-state index in [0.29, 0.717) is 5.88 Å². The number of nitrogens with zero attached hydrogens (tertiary/aromatic N) is 1. The topological polar surface area (TPSA) is 24.5 Å². The number of hydrogen-bond acceptors (Lipinski definition) is 4. The number of hydroxylamine groups is 3. The Morgan fingerprint density at radius 3 is 2.43 bits per heavy atom. The number of hydrogen-bond donors (Lipinski definition) is 2. The summed E-state index contributed by atoms with van der Waals surface area (Å²) in [7, 11) is 3.58. The van der Waals surface area contributed by atoms with E-state index in [1.54, 1.807) is 19.2 Å². The van der Waals surface area contributed by atoms with E-state index < -0.39 is 0 Å². The molecule has 0 radical (unpaired) electrons. The fourth-order valence-corrected chi connectivity index (χ4v) is 0.216. The zero-order valence-corrected chi connectivity index (χ0v) is 5.40. The average Bonchev–Trinajstić information content (AvgIpc) is 1.61. The van der Waals surface area contributed by atoms with Gasteiger partial charge in [0, 0.05) is 14.1 Å². The van der Waals surface area contributed by atoms with Crippen molar-refractivity contribution in [2.75, 3.05) is 20.0 Å². The fraction of sp³-hybridized carbons (Fsp3) is 1.00. The average molecular weight is 122 g/mol. The summed E-state index contributed by atoms with van der Waals surface area (Å²) in [5.41, 5.74) is 2.54. The quantitative estimate of drug-likeness (QED) is 0.310. The van der Waals surface area contributed by atoms with Crippen LogP contribution in [0.4, 0.5) is 0 Å². The van der Waals surface area contributed by atoms with Crippen molar-refractivity contribution in [1.29, 1.82) is 0 Å². The van der Waals surface area contributed by atoms with Crippen molar-refractivity contribution in [1.82, 2.24) is 10.5 Å². The van der Waals surface area contributed by atoms with Crippen LogP contribution in [0.25, 0.3) is 0 Å². The molecule has 0 aliphatic heterocycles. The highest BCUT2D eigenvalue weighted by atomic mass is 32.1. The molecule has 0 spiro atoms. The van der Waals surface area contributed by atoms with E-state index >= 15 is 0 Å². The van der Waals surface area contributed by atoms with Crippen LogP contribution >= 0.6 is 12.6 Å². The Bertz CT molecular complexity index is 41.9. The smallest absolute Gasteiger partial charge is 0.0655 e. The van der Waals surface area contributed by atoms with E-state index in [1.807, 2.05) is 0 Å². The Balaban J connectivity index is 2.68. The largest absolute Gasteiger partial charge is 0.211 e. The van der Waals surface area contributed by atoms with Gasteiger partial charge in [0.1, 0.15) is 0 Å². The molecular formula is C3H10N2OS. The summed E-state index contributed by atoms with van der Waals surface area (Å²) >= 11 is 3.83. The summed E-state index contributed by atoms with van der Waals surface area (Å²) in [5, 5.41) is 1.55. The first kappa shape index (κ1) is 7.23. The summed E-state index contributed by atoms with van der Waals surface area (Å²) in [5.74, 6) is 0.526. The highest BCUT2D eigenvalue weighted by molar-refractivity contribution is 7.80. The van der Waals surface area contributed by atoms with Gasteiger partial charge in [-0.3, -0.25) is 0 Å². The second-order valence-electron chi connectivity index (χ2n) is 1.21. The highest BCUT2D eigenvalue weighted by Crippen LogP contribution is 1.70. The Hall–Kier alpha value is 0.230. The Morgan fingerprint density at radius 2 is 2.29 bits per heavy atom. The third-order valence-electron chi connectivity index (χ3n) is 0.312. The van der Waals surface area contributed by atoms with E-state index in [-0.39, 0.29) is 0 Å². The third kappa shape index (κ3) is 6.23. The first-order chi connectivity index (χ1) is 3.27. The van der Waals surface area contributed by atoms with Gasteiger partial charge in [-0.05, 0) is 0 Å². The van der Waals surface area contributed by atoms with Crippen molar-refractivity contribution in [2.24, 2.45) is 0 Å². The van der Waals surface area contributed by atoms with Crippen LogP contribution in [0.5, 0.6) is 0 Å². The van der Waals surface area contributed by atoms with Crippen LogP contribution in [0, 0.1) is 0 Å². The van der Waals surface area contributed by atoms with Crippen LogP contribution in [0.1, 0.15) is 0 Å². The molecule has 0 aromatic heterocycles. The lowest BCUT2D eigenvalue weighted by atomic mass is 11.2. The predicted molar refractivity (Wildman–Crippen MR) is 31.8 cm³/mol. The maximum atomic E-state index is 4.70. The van der Waals surface area contributed by atoms with Gasteiger partial charge >= 0.3 is 0 Å². The molecule has 1 N–H and O–H groups in total. The van der Waals surface area contributed by atoms with Crippen molar-refractivity contribution in [3.8, 4) is 0 Å². The third-order valence-corrected chi connectivity index (χ3v) is 0.441. The molecule has 0 fully saturated rings. The maximum Gasteiger partial charge on any atom is 0.0655 e. The minimum Gasteiger partial charge on any atom is -0.211 e. The first-order valence-electron chi connectivity index (χ1n) is 1.95. The summed E-state index contributed by atoms with van der Waals surface area (Å²) in [6.45, 7) is 0. The van der Waals surface area contributed by atoms with Crippen molar-refractivity contribution in [2.45, 2.75) is 0 Å². The molecule has 0 rings (SSSR count). The number of nitrogens with one attached hydrogen (secondary N) is 1. The van der Waals surface area contributed by atoms with Crippen molar-refractivity contribution < 1.29 is 4.94 Å². The normalized spacial score (nSPS) is 10.3. The lowest BCUT2D eigenvalue weighted by molar-refractivity contribution is -0.171. The molecule has 0 amide bonds. The van der Waals surface area contributed by atoms with E-state index in [2.05, 4.69) is 18.1 Å². The van der Waals surface area contributed by atoms with Gasteiger partial charge in [0.2, 0.25) is 0 Å². The van der Waals surface area contributed by atoms with Gasteiger partial charge in [-0.25, -0.2) is 4.94 Å². The van der Waals surface area contributed by atoms with Crippen LogP contribution in [0.15, 0.2) is 0 Å². The monoisotopic (exact) mass is 122 g/mol. The van der Waals surface area contributed by atoms with Gasteiger partial charge in [-0.1, -0.05) is 0 Å². The second kappa shape index (κ2) is 4.39. The van der Waals surface area contributed by atoms with Gasteiger partial charge in [-0.2, -0.15) is 23.2 Å². The molecule has 0 heterocycles. The van der Waals surface area contributed by atoms with Crippen LogP contribution in [0.3, 0.4) is 0 Å². The van der Waals surface area contributed by atoms with Gasteiger partial charge in [0.15, 0.2) is 0 Å². The van der Waals surface area contributed by atoms with Gasteiger partial charge < -0.3 is 0 Å². The minimum absolute atomic E-state index is 0.526. The van der Waals surface area contributed by atoms with Crippen molar-refractivity contribution in [3.63, 3.8) is 0 Å².